The monoisotopic (exact) mass is 176 g/mol. The predicted octanol–water partition coefficient (Wildman–Crippen LogP) is 2.82. The lowest BCUT2D eigenvalue weighted by Gasteiger charge is -2.40. The van der Waals surface area contributed by atoms with Gasteiger partial charge in [0.25, 0.3) is 0 Å². The van der Waals surface area contributed by atoms with Gasteiger partial charge in [-0.05, 0) is 26.7 Å². The van der Waals surface area contributed by atoms with Gasteiger partial charge in [0.1, 0.15) is 0 Å². The van der Waals surface area contributed by atoms with E-state index in [2.05, 4.69) is 13.8 Å². The standard InChI is InChI=1S/C9H17ClO/c1-8(2)11-7-9(6-10)4-3-5-9/h8H,3-7H2,1-2H3. The molecule has 0 aromatic heterocycles. The summed E-state index contributed by atoms with van der Waals surface area (Å²) >= 11 is 5.86. The van der Waals surface area contributed by atoms with Gasteiger partial charge < -0.3 is 4.74 Å². The van der Waals surface area contributed by atoms with Crippen molar-refractivity contribution in [1.82, 2.24) is 0 Å². The summed E-state index contributed by atoms with van der Waals surface area (Å²) in [6, 6.07) is 0. The Kier molecular flexibility index (Phi) is 3.20. The van der Waals surface area contributed by atoms with Gasteiger partial charge in [0.2, 0.25) is 0 Å². The highest BCUT2D eigenvalue weighted by atomic mass is 35.5. The summed E-state index contributed by atoms with van der Waals surface area (Å²) in [5.74, 6) is 0.764. The largest absolute Gasteiger partial charge is 0.378 e. The summed E-state index contributed by atoms with van der Waals surface area (Å²) in [5, 5.41) is 0. The topological polar surface area (TPSA) is 9.23 Å². The molecule has 0 spiro atoms. The van der Waals surface area contributed by atoms with Crippen molar-refractivity contribution in [3.63, 3.8) is 0 Å². The lowest BCUT2D eigenvalue weighted by atomic mass is 9.71. The molecule has 1 saturated carbocycles. The smallest absolute Gasteiger partial charge is 0.0537 e. The first kappa shape index (κ1) is 9.34. The summed E-state index contributed by atoms with van der Waals surface area (Å²) in [6.45, 7) is 5.00. The van der Waals surface area contributed by atoms with Crippen LogP contribution in [0.1, 0.15) is 33.1 Å². The van der Waals surface area contributed by atoms with Gasteiger partial charge >= 0.3 is 0 Å². The van der Waals surface area contributed by atoms with Crippen LogP contribution in [-0.2, 0) is 4.74 Å². The van der Waals surface area contributed by atoms with Crippen molar-refractivity contribution in [2.45, 2.75) is 39.2 Å². The zero-order chi connectivity index (χ0) is 8.32. The molecule has 0 heterocycles. The van der Waals surface area contributed by atoms with E-state index in [0.29, 0.717) is 11.5 Å². The number of hydrogen-bond acceptors (Lipinski definition) is 1. The first-order valence-electron chi connectivity index (χ1n) is 4.36. The minimum Gasteiger partial charge on any atom is -0.378 e. The summed E-state index contributed by atoms with van der Waals surface area (Å²) in [7, 11) is 0. The van der Waals surface area contributed by atoms with Crippen molar-refractivity contribution in [2.75, 3.05) is 12.5 Å². The fraction of sp³-hybridized carbons (Fsp3) is 1.00. The molecule has 2 heteroatoms. The van der Waals surface area contributed by atoms with Crippen LogP contribution in [0.5, 0.6) is 0 Å². The first-order chi connectivity index (χ1) is 5.18. The molecule has 1 fully saturated rings. The maximum atomic E-state index is 5.86. The van der Waals surface area contributed by atoms with Crippen molar-refractivity contribution in [2.24, 2.45) is 5.41 Å². The molecule has 0 aromatic rings. The van der Waals surface area contributed by atoms with Crippen LogP contribution in [0.25, 0.3) is 0 Å². The molecule has 0 aliphatic heterocycles. The predicted molar refractivity (Wildman–Crippen MR) is 48.1 cm³/mol. The average molecular weight is 177 g/mol. The van der Waals surface area contributed by atoms with Crippen molar-refractivity contribution >= 4 is 11.6 Å². The van der Waals surface area contributed by atoms with Crippen LogP contribution in [0, 0.1) is 5.41 Å². The number of rotatable bonds is 4. The summed E-state index contributed by atoms with van der Waals surface area (Å²) in [4.78, 5) is 0. The molecular formula is C9H17ClO. The van der Waals surface area contributed by atoms with Gasteiger partial charge in [-0.1, -0.05) is 6.42 Å². The van der Waals surface area contributed by atoms with E-state index in [-0.39, 0.29) is 0 Å². The molecule has 1 nitrogen and oxygen atoms in total. The van der Waals surface area contributed by atoms with Gasteiger partial charge in [-0.3, -0.25) is 0 Å². The van der Waals surface area contributed by atoms with E-state index >= 15 is 0 Å². The lowest BCUT2D eigenvalue weighted by molar-refractivity contribution is -0.0196. The Balaban J connectivity index is 2.22. The van der Waals surface area contributed by atoms with Gasteiger partial charge in [0, 0.05) is 11.3 Å². The second kappa shape index (κ2) is 3.77. The normalized spacial score (nSPS) is 21.8. The molecule has 0 amide bonds. The minimum absolute atomic E-state index is 0.339. The molecule has 0 N–H and O–H groups in total. The maximum absolute atomic E-state index is 5.86. The average Bonchev–Trinajstić information content (AvgIpc) is 1.86. The number of ether oxygens (including phenoxy) is 1. The first-order valence-corrected chi connectivity index (χ1v) is 4.90. The molecule has 1 aliphatic carbocycles. The molecule has 0 bridgehead atoms. The third-order valence-corrected chi connectivity index (χ3v) is 2.99. The van der Waals surface area contributed by atoms with Crippen LogP contribution in [0.2, 0.25) is 0 Å². The van der Waals surface area contributed by atoms with Crippen LogP contribution in [0.15, 0.2) is 0 Å². The second-order valence-electron chi connectivity index (χ2n) is 3.85. The summed E-state index contributed by atoms with van der Waals surface area (Å²) in [6.07, 6.45) is 4.18. The van der Waals surface area contributed by atoms with E-state index in [0.717, 1.165) is 12.5 Å². The highest BCUT2D eigenvalue weighted by Crippen LogP contribution is 2.42. The lowest BCUT2D eigenvalue weighted by Crippen LogP contribution is -2.37. The molecule has 1 aliphatic rings. The number of hydrogen-bond donors (Lipinski definition) is 0. The van der Waals surface area contributed by atoms with E-state index in [1.54, 1.807) is 0 Å². The van der Waals surface area contributed by atoms with E-state index in [1.807, 2.05) is 0 Å². The molecule has 0 atom stereocenters. The fourth-order valence-electron chi connectivity index (χ4n) is 1.34. The fourth-order valence-corrected chi connectivity index (χ4v) is 1.68. The summed E-state index contributed by atoms with van der Waals surface area (Å²) < 4.78 is 5.56. The van der Waals surface area contributed by atoms with Gasteiger partial charge in [-0.15, -0.1) is 11.6 Å². The number of alkyl halides is 1. The van der Waals surface area contributed by atoms with Crippen LogP contribution in [0.4, 0.5) is 0 Å². The van der Waals surface area contributed by atoms with Gasteiger partial charge in [0.15, 0.2) is 0 Å². The second-order valence-corrected chi connectivity index (χ2v) is 4.11. The molecule has 11 heavy (non-hydrogen) atoms. The summed E-state index contributed by atoms with van der Waals surface area (Å²) in [5.41, 5.74) is 0.339. The Morgan fingerprint density at radius 1 is 1.45 bits per heavy atom. The highest BCUT2D eigenvalue weighted by molar-refractivity contribution is 6.18. The Bertz CT molecular complexity index is 113. The Morgan fingerprint density at radius 2 is 2.09 bits per heavy atom. The van der Waals surface area contributed by atoms with Crippen LogP contribution in [-0.4, -0.2) is 18.6 Å². The van der Waals surface area contributed by atoms with Gasteiger partial charge in [-0.2, -0.15) is 0 Å². The SMILES string of the molecule is CC(C)OCC1(CCl)CCC1. The molecule has 1 rings (SSSR count). The van der Waals surface area contributed by atoms with Gasteiger partial charge in [-0.25, -0.2) is 0 Å². The number of halogens is 1. The zero-order valence-corrected chi connectivity index (χ0v) is 8.16. The van der Waals surface area contributed by atoms with Crippen molar-refractivity contribution in [3.8, 4) is 0 Å². The zero-order valence-electron chi connectivity index (χ0n) is 7.40. The minimum atomic E-state index is 0.339. The van der Waals surface area contributed by atoms with Crippen molar-refractivity contribution < 1.29 is 4.74 Å². The molecular weight excluding hydrogens is 160 g/mol. The quantitative estimate of drug-likeness (QED) is 0.599. The maximum Gasteiger partial charge on any atom is 0.0537 e. The van der Waals surface area contributed by atoms with E-state index in [9.17, 15) is 0 Å². The Morgan fingerprint density at radius 3 is 2.36 bits per heavy atom. The van der Waals surface area contributed by atoms with Crippen molar-refractivity contribution in [3.05, 3.63) is 0 Å². The highest BCUT2D eigenvalue weighted by Gasteiger charge is 2.36. The van der Waals surface area contributed by atoms with Crippen LogP contribution < -0.4 is 0 Å². The van der Waals surface area contributed by atoms with Crippen LogP contribution >= 0.6 is 11.6 Å². The molecule has 0 saturated heterocycles. The molecule has 0 radical (unpaired) electrons. The molecule has 0 aromatic carbocycles. The molecule has 0 unspecified atom stereocenters. The van der Waals surface area contributed by atoms with E-state index < -0.39 is 0 Å². The van der Waals surface area contributed by atoms with Crippen molar-refractivity contribution in [1.29, 1.82) is 0 Å². The molecule has 66 valence electrons. The Labute approximate surface area is 74.1 Å². The van der Waals surface area contributed by atoms with E-state index in [1.165, 1.54) is 19.3 Å². The van der Waals surface area contributed by atoms with Gasteiger partial charge in [0.05, 0.1) is 12.7 Å². The van der Waals surface area contributed by atoms with E-state index in [4.69, 9.17) is 16.3 Å². The van der Waals surface area contributed by atoms with Crippen LogP contribution in [0.3, 0.4) is 0 Å². The third kappa shape index (κ3) is 2.34. The third-order valence-electron chi connectivity index (χ3n) is 2.42. The Hall–Kier alpha value is 0.250.